The molecule has 1 fully saturated rings. The maximum atomic E-state index is 12.9. The van der Waals surface area contributed by atoms with Crippen LogP contribution in [0.2, 0.25) is 0 Å². The summed E-state index contributed by atoms with van der Waals surface area (Å²) in [6.07, 6.45) is 0.746. The average molecular weight is 349 g/mol. The van der Waals surface area contributed by atoms with Crippen LogP contribution in [-0.2, 0) is 0 Å². The number of carbonyl (C=O) groups excluding carboxylic acids is 2. The highest BCUT2D eigenvalue weighted by atomic mass is 16.5. The van der Waals surface area contributed by atoms with Gasteiger partial charge in [0, 0.05) is 38.3 Å². The Labute approximate surface area is 148 Å². The largest absolute Gasteiger partial charge is 0.497 e. The van der Waals surface area contributed by atoms with Crippen molar-refractivity contribution in [2.75, 3.05) is 40.4 Å². The Morgan fingerprint density at radius 3 is 2.36 bits per heavy atom. The number of rotatable bonds is 4. The molecule has 1 saturated heterocycles. The molecule has 0 saturated carbocycles. The standard InChI is InChI=1S/C18H27N3O4/c1-13(2)19-18(23)21-9-5-8-20(10-11-21)17(22)15-7-6-14(24-3)12-16(15)25-4/h6-7,12-13H,5,8-11H2,1-4H3,(H,19,23). The predicted octanol–water partition coefficient (Wildman–Crippen LogP) is 1.97. The zero-order valence-corrected chi connectivity index (χ0v) is 15.4. The number of hydrogen-bond donors (Lipinski definition) is 1. The molecular weight excluding hydrogens is 322 g/mol. The van der Waals surface area contributed by atoms with E-state index in [2.05, 4.69) is 5.32 Å². The Hall–Kier alpha value is -2.44. The van der Waals surface area contributed by atoms with Gasteiger partial charge in [-0.3, -0.25) is 4.79 Å². The maximum absolute atomic E-state index is 12.9. The molecule has 3 amide bonds. The van der Waals surface area contributed by atoms with Crippen molar-refractivity contribution >= 4 is 11.9 Å². The van der Waals surface area contributed by atoms with Gasteiger partial charge >= 0.3 is 6.03 Å². The molecule has 25 heavy (non-hydrogen) atoms. The monoisotopic (exact) mass is 349 g/mol. The quantitative estimate of drug-likeness (QED) is 0.902. The van der Waals surface area contributed by atoms with E-state index in [1.807, 2.05) is 13.8 Å². The first kappa shape index (κ1) is 18.9. The molecule has 1 aromatic rings. The van der Waals surface area contributed by atoms with Gasteiger partial charge in [-0.15, -0.1) is 0 Å². The van der Waals surface area contributed by atoms with Crippen LogP contribution in [0.15, 0.2) is 18.2 Å². The van der Waals surface area contributed by atoms with E-state index in [-0.39, 0.29) is 18.0 Å². The number of amides is 3. The van der Waals surface area contributed by atoms with Crippen LogP contribution in [0.4, 0.5) is 4.79 Å². The third-order valence-electron chi connectivity index (χ3n) is 4.12. The summed E-state index contributed by atoms with van der Waals surface area (Å²) in [7, 11) is 3.10. The summed E-state index contributed by atoms with van der Waals surface area (Å²) in [5.41, 5.74) is 0.503. The van der Waals surface area contributed by atoms with E-state index in [1.165, 1.54) is 7.11 Å². The van der Waals surface area contributed by atoms with E-state index in [4.69, 9.17) is 9.47 Å². The Morgan fingerprint density at radius 2 is 1.72 bits per heavy atom. The fraction of sp³-hybridized carbons (Fsp3) is 0.556. The van der Waals surface area contributed by atoms with Crippen molar-refractivity contribution in [2.45, 2.75) is 26.3 Å². The van der Waals surface area contributed by atoms with Crippen molar-refractivity contribution in [3.63, 3.8) is 0 Å². The summed E-state index contributed by atoms with van der Waals surface area (Å²) in [6.45, 7) is 6.13. The summed E-state index contributed by atoms with van der Waals surface area (Å²) in [4.78, 5) is 28.6. The molecule has 7 heteroatoms. The minimum absolute atomic E-state index is 0.0775. The van der Waals surface area contributed by atoms with Crippen LogP contribution < -0.4 is 14.8 Å². The van der Waals surface area contributed by atoms with Crippen molar-refractivity contribution in [3.8, 4) is 11.5 Å². The number of hydrogen-bond acceptors (Lipinski definition) is 4. The number of ether oxygens (including phenoxy) is 2. The predicted molar refractivity (Wildman–Crippen MR) is 95.3 cm³/mol. The molecule has 7 nitrogen and oxygen atoms in total. The van der Waals surface area contributed by atoms with Gasteiger partial charge in [0.1, 0.15) is 11.5 Å². The van der Waals surface area contributed by atoms with E-state index in [9.17, 15) is 9.59 Å². The molecule has 1 aliphatic heterocycles. The van der Waals surface area contributed by atoms with Gasteiger partial charge in [0.25, 0.3) is 5.91 Å². The first-order valence-corrected chi connectivity index (χ1v) is 8.53. The second kappa shape index (κ2) is 8.60. The lowest BCUT2D eigenvalue weighted by atomic mass is 10.1. The van der Waals surface area contributed by atoms with E-state index < -0.39 is 0 Å². The number of methoxy groups -OCH3 is 2. The molecule has 0 spiro atoms. The van der Waals surface area contributed by atoms with Crippen LogP contribution in [0.1, 0.15) is 30.6 Å². The lowest BCUT2D eigenvalue weighted by Gasteiger charge is -2.24. The zero-order valence-electron chi connectivity index (χ0n) is 15.4. The van der Waals surface area contributed by atoms with Gasteiger partial charge in [-0.05, 0) is 32.4 Å². The van der Waals surface area contributed by atoms with Crippen molar-refractivity contribution < 1.29 is 19.1 Å². The summed E-state index contributed by atoms with van der Waals surface area (Å²) in [5.74, 6) is 1.04. The summed E-state index contributed by atoms with van der Waals surface area (Å²) >= 11 is 0. The minimum atomic E-state index is -0.0920. The topological polar surface area (TPSA) is 71.1 Å². The smallest absolute Gasteiger partial charge is 0.317 e. The normalized spacial score (nSPS) is 14.9. The highest BCUT2D eigenvalue weighted by molar-refractivity contribution is 5.97. The Morgan fingerprint density at radius 1 is 1.04 bits per heavy atom. The molecule has 0 atom stereocenters. The highest BCUT2D eigenvalue weighted by Crippen LogP contribution is 2.26. The first-order valence-electron chi connectivity index (χ1n) is 8.53. The van der Waals surface area contributed by atoms with Gasteiger partial charge in [0.15, 0.2) is 0 Å². The molecule has 2 rings (SSSR count). The second-order valence-corrected chi connectivity index (χ2v) is 6.30. The molecule has 0 aromatic heterocycles. The lowest BCUT2D eigenvalue weighted by Crippen LogP contribution is -2.44. The van der Waals surface area contributed by atoms with E-state index >= 15 is 0 Å². The Kier molecular flexibility index (Phi) is 6.50. The molecule has 0 bridgehead atoms. The second-order valence-electron chi connectivity index (χ2n) is 6.30. The molecule has 1 aliphatic rings. The first-order chi connectivity index (χ1) is 12.0. The zero-order chi connectivity index (χ0) is 18.4. The van der Waals surface area contributed by atoms with Gasteiger partial charge in [0.05, 0.1) is 19.8 Å². The fourth-order valence-electron chi connectivity index (χ4n) is 2.81. The van der Waals surface area contributed by atoms with Gasteiger partial charge in [0.2, 0.25) is 0 Å². The van der Waals surface area contributed by atoms with Crippen molar-refractivity contribution in [2.24, 2.45) is 0 Å². The van der Waals surface area contributed by atoms with Crippen LogP contribution in [0.3, 0.4) is 0 Å². The molecular formula is C18H27N3O4. The van der Waals surface area contributed by atoms with Crippen LogP contribution in [0.5, 0.6) is 11.5 Å². The number of nitrogens with zero attached hydrogens (tertiary/aromatic N) is 2. The summed E-state index contributed by atoms with van der Waals surface area (Å²) < 4.78 is 10.5. The third-order valence-corrected chi connectivity index (χ3v) is 4.12. The third kappa shape index (κ3) is 4.78. The molecule has 1 heterocycles. The number of benzene rings is 1. The minimum Gasteiger partial charge on any atom is -0.497 e. The molecule has 1 N–H and O–H groups in total. The van der Waals surface area contributed by atoms with Gasteiger partial charge in [-0.25, -0.2) is 4.79 Å². The Bertz CT molecular complexity index is 618. The maximum Gasteiger partial charge on any atom is 0.317 e. The number of nitrogens with one attached hydrogen (secondary N) is 1. The van der Waals surface area contributed by atoms with E-state index in [0.29, 0.717) is 43.2 Å². The molecule has 0 aliphatic carbocycles. The summed E-state index contributed by atoms with van der Waals surface area (Å²) in [5, 5.41) is 2.90. The van der Waals surface area contributed by atoms with Crippen molar-refractivity contribution in [1.29, 1.82) is 0 Å². The molecule has 0 radical (unpaired) electrons. The van der Waals surface area contributed by atoms with E-state index in [1.54, 1.807) is 35.1 Å². The van der Waals surface area contributed by atoms with E-state index in [0.717, 1.165) is 6.42 Å². The number of urea groups is 1. The van der Waals surface area contributed by atoms with Crippen LogP contribution in [0, 0.1) is 0 Å². The van der Waals surface area contributed by atoms with Crippen molar-refractivity contribution in [3.05, 3.63) is 23.8 Å². The van der Waals surface area contributed by atoms with Crippen LogP contribution in [-0.4, -0.2) is 68.2 Å². The van der Waals surface area contributed by atoms with Crippen LogP contribution in [0.25, 0.3) is 0 Å². The Balaban J connectivity index is 2.07. The fourth-order valence-corrected chi connectivity index (χ4v) is 2.81. The van der Waals surface area contributed by atoms with Crippen LogP contribution >= 0.6 is 0 Å². The summed E-state index contributed by atoms with van der Waals surface area (Å²) in [6, 6.07) is 5.18. The van der Waals surface area contributed by atoms with Gasteiger partial charge in [-0.2, -0.15) is 0 Å². The molecule has 138 valence electrons. The average Bonchev–Trinajstić information content (AvgIpc) is 2.86. The SMILES string of the molecule is COc1ccc(C(=O)N2CCCN(C(=O)NC(C)C)CC2)c(OC)c1. The molecule has 1 aromatic carbocycles. The van der Waals surface area contributed by atoms with Gasteiger partial charge < -0.3 is 24.6 Å². The highest BCUT2D eigenvalue weighted by Gasteiger charge is 2.25. The lowest BCUT2D eigenvalue weighted by molar-refractivity contribution is 0.0758. The van der Waals surface area contributed by atoms with Crippen molar-refractivity contribution in [1.82, 2.24) is 15.1 Å². The molecule has 0 unspecified atom stereocenters. The van der Waals surface area contributed by atoms with Gasteiger partial charge in [-0.1, -0.05) is 0 Å². The number of carbonyl (C=O) groups is 2.